The number of hydrogen-bond donors (Lipinski definition) is 1. The molecule has 1 aromatic rings. The fraction of sp³-hybridized carbons (Fsp3) is 0.467. The number of carboxylic acid groups (broad SMARTS) is 1. The Balaban J connectivity index is 2.52. The maximum atomic E-state index is 12.1. The van der Waals surface area contributed by atoms with Gasteiger partial charge in [-0.25, -0.2) is 0 Å². The summed E-state index contributed by atoms with van der Waals surface area (Å²) in [5.41, 5.74) is 1.95. The predicted molar refractivity (Wildman–Crippen MR) is 79.3 cm³/mol. The highest BCUT2D eigenvalue weighted by Crippen LogP contribution is 2.42. The number of carbonyl (C=O) groups excluding carboxylic acids is 1. The highest BCUT2D eigenvalue weighted by Gasteiger charge is 2.46. The number of aryl methyl sites for hydroxylation is 1. The van der Waals surface area contributed by atoms with Gasteiger partial charge in [0.15, 0.2) is 0 Å². The van der Waals surface area contributed by atoms with Crippen molar-refractivity contribution in [3.8, 4) is 0 Å². The van der Waals surface area contributed by atoms with Crippen molar-refractivity contribution in [3.63, 3.8) is 0 Å². The molecule has 0 aliphatic carbocycles. The van der Waals surface area contributed by atoms with Gasteiger partial charge >= 0.3 is 5.97 Å². The van der Waals surface area contributed by atoms with Crippen LogP contribution in [0, 0.1) is 12.8 Å². The number of aliphatic carboxylic acids is 1. The second-order valence-corrected chi connectivity index (χ2v) is 6.37. The van der Waals surface area contributed by atoms with Gasteiger partial charge in [0, 0.05) is 16.9 Å². The Kier molecular flexibility index (Phi) is 4.18. The van der Waals surface area contributed by atoms with Crippen LogP contribution < -0.4 is 0 Å². The Morgan fingerprint density at radius 2 is 2.10 bits per heavy atom. The summed E-state index contributed by atoms with van der Waals surface area (Å²) in [7, 11) is 0. The number of hydrogen-bond acceptors (Lipinski definition) is 2. The van der Waals surface area contributed by atoms with Crippen LogP contribution in [0.2, 0.25) is 0 Å². The minimum atomic E-state index is -0.918. The van der Waals surface area contributed by atoms with Crippen LogP contribution in [0.4, 0.5) is 0 Å². The van der Waals surface area contributed by atoms with E-state index in [1.165, 1.54) is 0 Å². The summed E-state index contributed by atoms with van der Waals surface area (Å²) in [6, 6.07) is 5.38. The van der Waals surface area contributed by atoms with E-state index in [1.807, 2.05) is 39.0 Å². The molecule has 4 nitrogen and oxygen atoms in total. The first-order valence-electron chi connectivity index (χ1n) is 6.63. The van der Waals surface area contributed by atoms with Crippen molar-refractivity contribution in [3.05, 3.63) is 33.8 Å². The van der Waals surface area contributed by atoms with Gasteiger partial charge in [-0.3, -0.25) is 9.59 Å². The topological polar surface area (TPSA) is 57.6 Å². The predicted octanol–water partition coefficient (Wildman–Crippen LogP) is 3.14. The van der Waals surface area contributed by atoms with Crippen LogP contribution in [0.1, 0.15) is 37.4 Å². The first-order valence-corrected chi connectivity index (χ1v) is 7.42. The lowest BCUT2D eigenvalue weighted by Crippen LogP contribution is -2.36. The molecule has 108 valence electrons. The molecule has 2 atom stereocenters. The quantitative estimate of drug-likeness (QED) is 0.920. The molecule has 1 aromatic carbocycles. The molecule has 2 unspecified atom stereocenters. The molecule has 0 radical (unpaired) electrons. The van der Waals surface area contributed by atoms with Crippen molar-refractivity contribution in [2.75, 3.05) is 0 Å². The molecule has 0 saturated carbocycles. The van der Waals surface area contributed by atoms with E-state index in [1.54, 1.807) is 4.90 Å². The Bertz CT molecular complexity index is 556. The summed E-state index contributed by atoms with van der Waals surface area (Å²) in [6.07, 6.45) is 0.0680. The third-order valence-corrected chi connectivity index (χ3v) is 4.40. The van der Waals surface area contributed by atoms with Gasteiger partial charge in [0.1, 0.15) is 0 Å². The first kappa shape index (κ1) is 15.0. The summed E-state index contributed by atoms with van der Waals surface area (Å²) in [5, 5.41) is 9.41. The molecule has 5 heteroatoms. The van der Waals surface area contributed by atoms with Crippen LogP contribution in [0.5, 0.6) is 0 Å². The number of carboxylic acids is 1. The average molecular weight is 340 g/mol. The molecule has 1 fully saturated rings. The third kappa shape index (κ3) is 2.59. The maximum Gasteiger partial charge on any atom is 0.309 e. The van der Waals surface area contributed by atoms with E-state index in [0.29, 0.717) is 0 Å². The van der Waals surface area contributed by atoms with Crippen molar-refractivity contribution in [2.24, 2.45) is 5.92 Å². The molecule has 0 spiro atoms. The molecule has 1 aliphatic heterocycles. The molecule has 1 saturated heterocycles. The van der Waals surface area contributed by atoms with Crippen LogP contribution >= 0.6 is 15.9 Å². The number of halogens is 1. The fourth-order valence-electron chi connectivity index (χ4n) is 2.82. The van der Waals surface area contributed by atoms with E-state index >= 15 is 0 Å². The van der Waals surface area contributed by atoms with Crippen molar-refractivity contribution >= 4 is 27.8 Å². The van der Waals surface area contributed by atoms with Crippen molar-refractivity contribution in [2.45, 2.75) is 39.3 Å². The number of nitrogens with zero attached hydrogens (tertiary/aromatic N) is 1. The lowest BCUT2D eigenvalue weighted by molar-refractivity contribution is -0.142. The third-order valence-electron chi connectivity index (χ3n) is 3.71. The molecular formula is C15H18BrNO3. The summed E-state index contributed by atoms with van der Waals surface area (Å²) < 4.78 is 0.856. The van der Waals surface area contributed by atoms with Crippen molar-refractivity contribution in [1.82, 2.24) is 4.90 Å². The Hall–Kier alpha value is -1.36. The number of benzene rings is 1. The van der Waals surface area contributed by atoms with Crippen LogP contribution in [0.25, 0.3) is 0 Å². The van der Waals surface area contributed by atoms with E-state index in [4.69, 9.17) is 0 Å². The molecule has 2 rings (SSSR count). The number of carbonyl (C=O) groups is 2. The molecule has 1 aliphatic rings. The van der Waals surface area contributed by atoms with Crippen LogP contribution in [-0.4, -0.2) is 27.9 Å². The molecule has 1 heterocycles. The summed E-state index contributed by atoms with van der Waals surface area (Å²) in [4.78, 5) is 25.3. The van der Waals surface area contributed by atoms with E-state index in [0.717, 1.165) is 15.6 Å². The largest absolute Gasteiger partial charge is 0.481 e. The molecular weight excluding hydrogens is 322 g/mol. The van der Waals surface area contributed by atoms with E-state index < -0.39 is 17.9 Å². The van der Waals surface area contributed by atoms with Crippen molar-refractivity contribution in [1.29, 1.82) is 0 Å². The molecule has 1 N–H and O–H groups in total. The zero-order chi connectivity index (χ0) is 15.0. The minimum absolute atomic E-state index is 0.0231. The SMILES string of the molecule is Cc1ccc(C2C(C(=O)O)CC(=O)N2C(C)C)c(Br)c1. The monoisotopic (exact) mass is 339 g/mol. The van der Waals surface area contributed by atoms with Gasteiger partial charge in [-0.05, 0) is 38.0 Å². The zero-order valence-corrected chi connectivity index (χ0v) is 13.3. The van der Waals surface area contributed by atoms with Gasteiger partial charge in [0.2, 0.25) is 5.91 Å². The normalized spacial score (nSPS) is 22.6. The first-order chi connectivity index (χ1) is 9.32. The van der Waals surface area contributed by atoms with Gasteiger partial charge in [0.25, 0.3) is 0 Å². The summed E-state index contributed by atoms with van der Waals surface area (Å²) in [6.45, 7) is 5.80. The Morgan fingerprint density at radius 3 is 2.60 bits per heavy atom. The Labute approximate surface area is 126 Å². The number of amides is 1. The van der Waals surface area contributed by atoms with Gasteiger partial charge in [0.05, 0.1) is 12.0 Å². The second kappa shape index (κ2) is 5.56. The molecule has 20 heavy (non-hydrogen) atoms. The smallest absolute Gasteiger partial charge is 0.309 e. The number of likely N-dealkylation sites (tertiary alicyclic amines) is 1. The van der Waals surface area contributed by atoms with Gasteiger partial charge < -0.3 is 10.0 Å². The lowest BCUT2D eigenvalue weighted by atomic mass is 9.93. The number of rotatable bonds is 3. The van der Waals surface area contributed by atoms with Crippen LogP contribution in [0.15, 0.2) is 22.7 Å². The zero-order valence-electron chi connectivity index (χ0n) is 11.8. The highest BCUT2D eigenvalue weighted by molar-refractivity contribution is 9.10. The standard InChI is InChI=1S/C15H18BrNO3/c1-8(2)17-13(18)7-11(15(19)20)14(17)10-5-4-9(3)6-12(10)16/h4-6,8,11,14H,7H2,1-3H3,(H,19,20). The van der Waals surface area contributed by atoms with Gasteiger partial charge in [-0.1, -0.05) is 28.1 Å². The van der Waals surface area contributed by atoms with Crippen LogP contribution in [0.3, 0.4) is 0 Å². The van der Waals surface area contributed by atoms with Gasteiger partial charge in [-0.2, -0.15) is 0 Å². The summed E-state index contributed by atoms with van der Waals surface area (Å²) in [5.74, 6) is -1.70. The highest BCUT2D eigenvalue weighted by atomic mass is 79.9. The van der Waals surface area contributed by atoms with E-state index in [-0.39, 0.29) is 18.4 Å². The Morgan fingerprint density at radius 1 is 1.45 bits per heavy atom. The van der Waals surface area contributed by atoms with Crippen LogP contribution in [-0.2, 0) is 9.59 Å². The molecule has 0 aromatic heterocycles. The van der Waals surface area contributed by atoms with Crippen molar-refractivity contribution < 1.29 is 14.7 Å². The molecule has 0 bridgehead atoms. The average Bonchev–Trinajstić information content (AvgIpc) is 2.67. The summed E-state index contributed by atoms with van der Waals surface area (Å²) >= 11 is 3.50. The lowest BCUT2D eigenvalue weighted by Gasteiger charge is -2.31. The fourth-order valence-corrected chi connectivity index (χ4v) is 3.55. The second-order valence-electron chi connectivity index (χ2n) is 5.51. The van der Waals surface area contributed by atoms with E-state index in [2.05, 4.69) is 15.9 Å². The van der Waals surface area contributed by atoms with E-state index in [9.17, 15) is 14.7 Å². The molecule has 1 amide bonds. The minimum Gasteiger partial charge on any atom is -0.481 e. The van der Waals surface area contributed by atoms with Gasteiger partial charge in [-0.15, -0.1) is 0 Å². The maximum absolute atomic E-state index is 12.1.